The monoisotopic (exact) mass is 238 g/mol. The summed E-state index contributed by atoms with van der Waals surface area (Å²) < 4.78 is 5.37. The Hall–Kier alpha value is -2.07. The average Bonchev–Trinajstić information content (AvgIpc) is 2.86. The Kier molecular flexibility index (Phi) is 2.65. The number of benzene rings is 2. The molecule has 3 nitrogen and oxygen atoms in total. The Morgan fingerprint density at radius 1 is 1.17 bits per heavy atom. The van der Waals surface area contributed by atoms with E-state index < -0.39 is 5.97 Å². The number of fused-ring (bicyclic) bond motifs is 1. The summed E-state index contributed by atoms with van der Waals surface area (Å²) in [4.78, 5) is 11.0. The van der Waals surface area contributed by atoms with Gasteiger partial charge in [-0.05, 0) is 34.3 Å². The Bertz CT molecular complexity index is 622. The molecule has 1 heterocycles. The van der Waals surface area contributed by atoms with Crippen molar-refractivity contribution < 1.29 is 14.6 Å². The molecule has 0 amide bonds. The van der Waals surface area contributed by atoms with Crippen LogP contribution in [0.1, 0.15) is 15.9 Å². The van der Waals surface area contributed by atoms with Crippen LogP contribution in [-0.4, -0.2) is 18.6 Å². The molecule has 18 heavy (non-hydrogen) atoms. The van der Waals surface area contributed by atoms with Gasteiger partial charge in [-0.3, -0.25) is 0 Å². The summed E-state index contributed by atoms with van der Waals surface area (Å²) >= 11 is 0. The number of carbonyl (C=O) groups is 1. The molecular weight excluding hydrogens is 227 g/mol. The average molecular weight is 238 g/mol. The van der Waals surface area contributed by atoms with E-state index in [-0.39, 0.29) is 0 Å². The van der Waals surface area contributed by atoms with Crippen molar-refractivity contribution in [1.82, 2.24) is 0 Å². The van der Waals surface area contributed by atoms with Crippen molar-refractivity contribution in [2.75, 3.05) is 0 Å². The SMILES string of the molecule is O=C(O)c1cccc(-c2ccc3c(c2)BOC3)c1. The zero-order valence-electron chi connectivity index (χ0n) is 9.72. The summed E-state index contributed by atoms with van der Waals surface area (Å²) in [6.07, 6.45) is 0. The summed E-state index contributed by atoms with van der Waals surface area (Å²) in [5.41, 5.74) is 4.66. The van der Waals surface area contributed by atoms with Gasteiger partial charge in [0, 0.05) is 0 Å². The zero-order chi connectivity index (χ0) is 12.5. The summed E-state index contributed by atoms with van der Waals surface area (Å²) in [5, 5.41) is 8.99. The van der Waals surface area contributed by atoms with Gasteiger partial charge >= 0.3 is 13.5 Å². The third-order valence-corrected chi connectivity index (χ3v) is 3.16. The molecule has 0 aliphatic carbocycles. The number of hydrogen-bond acceptors (Lipinski definition) is 2. The van der Waals surface area contributed by atoms with E-state index in [1.165, 1.54) is 11.0 Å². The summed E-state index contributed by atoms with van der Waals surface area (Å²) in [6, 6.07) is 13.1. The molecule has 0 aromatic heterocycles. The zero-order valence-corrected chi connectivity index (χ0v) is 9.72. The van der Waals surface area contributed by atoms with E-state index in [4.69, 9.17) is 9.76 Å². The molecule has 2 aromatic rings. The summed E-state index contributed by atoms with van der Waals surface area (Å²) in [7, 11) is 0.641. The standard InChI is InChI=1S/C14H11BO3/c16-14(17)11-3-1-2-9(6-11)10-4-5-12-8-18-15-13(12)7-10/h1-7,15H,8H2,(H,16,17). The maximum absolute atomic E-state index is 11.0. The van der Waals surface area contributed by atoms with E-state index in [9.17, 15) is 4.79 Å². The number of carboxylic acids is 1. The molecular formula is C14H11BO3. The molecule has 1 aliphatic heterocycles. The fourth-order valence-electron chi connectivity index (χ4n) is 2.18. The molecule has 0 bridgehead atoms. The predicted molar refractivity (Wildman–Crippen MR) is 70.4 cm³/mol. The molecule has 1 N–H and O–H groups in total. The van der Waals surface area contributed by atoms with Crippen LogP contribution in [0.3, 0.4) is 0 Å². The minimum Gasteiger partial charge on any atom is -0.478 e. The minimum atomic E-state index is -0.902. The molecule has 4 heteroatoms. The van der Waals surface area contributed by atoms with E-state index in [1.807, 2.05) is 18.2 Å². The molecule has 0 radical (unpaired) electrons. The third kappa shape index (κ3) is 1.91. The first-order chi connectivity index (χ1) is 8.74. The lowest BCUT2D eigenvalue weighted by Gasteiger charge is -2.05. The molecule has 88 valence electrons. The Morgan fingerprint density at radius 3 is 2.83 bits per heavy atom. The van der Waals surface area contributed by atoms with Gasteiger partial charge in [0.25, 0.3) is 0 Å². The van der Waals surface area contributed by atoms with Crippen LogP contribution in [0.25, 0.3) is 11.1 Å². The van der Waals surface area contributed by atoms with Gasteiger partial charge in [-0.2, -0.15) is 0 Å². The van der Waals surface area contributed by atoms with Crippen molar-refractivity contribution in [2.24, 2.45) is 0 Å². The second-order valence-corrected chi connectivity index (χ2v) is 4.36. The maximum Gasteiger partial charge on any atom is 0.335 e. The Morgan fingerprint density at radius 2 is 2.00 bits per heavy atom. The van der Waals surface area contributed by atoms with E-state index in [2.05, 4.69) is 6.07 Å². The van der Waals surface area contributed by atoms with E-state index in [1.54, 1.807) is 18.2 Å². The van der Waals surface area contributed by atoms with Crippen LogP contribution in [0.15, 0.2) is 42.5 Å². The molecule has 0 saturated carbocycles. The van der Waals surface area contributed by atoms with Crippen molar-refractivity contribution in [2.45, 2.75) is 6.61 Å². The number of rotatable bonds is 2. The lowest BCUT2D eigenvalue weighted by atomic mass is 9.85. The van der Waals surface area contributed by atoms with Gasteiger partial charge in [0.2, 0.25) is 0 Å². The lowest BCUT2D eigenvalue weighted by molar-refractivity contribution is 0.0697. The van der Waals surface area contributed by atoms with Crippen molar-refractivity contribution >= 4 is 18.9 Å². The fraction of sp³-hybridized carbons (Fsp3) is 0.0714. The molecule has 0 spiro atoms. The highest BCUT2D eigenvalue weighted by Gasteiger charge is 2.14. The van der Waals surface area contributed by atoms with Gasteiger partial charge in [-0.25, -0.2) is 4.79 Å². The molecule has 0 fully saturated rings. The van der Waals surface area contributed by atoms with Crippen molar-refractivity contribution in [3.05, 3.63) is 53.6 Å². The van der Waals surface area contributed by atoms with Crippen LogP contribution in [0.5, 0.6) is 0 Å². The van der Waals surface area contributed by atoms with E-state index in [0.29, 0.717) is 19.7 Å². The van der Waals surface area contributed by atoms with Crippen LogP contribution in [0.4, 0.5) is 0 Å². The minimum absolute atomic E-state index is 0.309. The highest BCUT2D eigenvalue weighted by Crippen LogP contribution is 2.21. The van der Waals surface area contributed by atoms with Gasteiger partial charge in [0.15, 0.2) is 0 Å². The highest BCUT2D eigenvalue weighted by molar-refractivity contribution is 6.49. The van der Waals surface area contributed by atoms with Gasteiger partial charge in [-0.15, -0.1) is 0 Å². The fourth-order valence-corrected chi connectivity index (χ4v) is 2.18. The third-order valence-electron chi connectivity index (χ3n) is 3.16. The molecule has 0 atom stereocenters. The van der Waals surface area contributed by atoms with Crippen molar-refractivity contribution in [3.63, 3.8) is 0 Å². The number of aromatic carboxylic acids is 1. The van der Waals surface area contributed by atoms with Crippen molar-refractivity contribution in [3.8, 4) is 11.1 Å². The first-order valence-electron chi connectivity index (χ1n) is 5.77. The normalized spacial score (nSPS) is 12.9. The predicted octanol–water partition coefficient (Wildman–Crippen LogP) is 1.56. The number of hydrogen-bond donors (Lipinski definition) is 1. The largest absolute Gasteiger partial charge is 0.478 e. The van der Waals surface area contributed by atoms with Crippen LogP contribution < -0.4 is 5.46 Å². The van der Waals surface area contributed by atoms with E-state index in [0.717, 1.165) is 11.1 Å². The first-order valence-corrected chi connectivity index (χ1v) is 5.77. The second-order valence-electron chi connectivity index (χ2n) is 4.36. The maximum atomic E-state index is 11.0. The molecule has 0 saturated heterocycles. The van der Waals surface area contributed by atoms with Crippen LogP contribution >= 0.6 is 0 Å². The molecule has 1 aliphatic rings. The van der Waals surface area contributed by atoms with Crippen LogP contribution in [0.2, 0.25) is 0 Å². The second kappa shape index (κ2) is 4.31. The van der Waals surface area contributed by atoms with E-state index >= 15 is 0 Å². The Balaban J connectivity index is 2.04. The van der Waals surface area contributed by atoms with Gasteiger partial charge in [0.05, 0.1) is 12.2 Å². The van der Waals surface area contributed by atoms with Crippen LogP contribution in [0, 0.1) is 0 Å². The lowest BCUT2D eigenvalue weighted by Crippen LogP contribution is -2.11. The van der Waals surface area contributed by atoms with Gasteiger partial charge < -0.3 is 9.76 Å². The first kappa shape index (κ1) is 11.0. The Labute approximate surface area is 105 Å². The molecule has 3 rings (SSSR count). The van der Waals surface area contributed by atoms with Gasteiger partial charge in [0.1, 0.15) is 0 Å². The smallest absolute Gasteiger partial charge is 0.335 e. The van der Waals surface area contributed by atoms with Crippen molar-refractivity contribution in [1.29, 1.82) is 0 Å². The molecule has 0 unspecified atom stereocenters. The van der Waals surface area contributed by atoms with Gasteiger partial charge in [-0.1, -0.05) is 30.3 Å². The highest BCUT2D eigenvalue weighted by atomic mass is 16.4. The quantitative estimate of drug-likeness (QED) is 0.807. The number of carboxylic acid groups (broad SMARTS) is 1. The summed E-state index contributed by atoms with van der Waals surface area (Å²) in [6.45, 7) is 0.671. The molecule has 2 aromatic carbocycles. The summed E-state index contributed by atoms with van der Waals surface area (Å²) in [5.74, 6) is -0.902. The topological polar surface area (TPSA) is 46.5 Å². The van der Waals surface area contributed by atoms with Crippen LogP contribution in [-0.2, 0) is 11.3 Å².